The first kappa shape index (κ1) is 20.9. The van der Waals surface area contributed by atoms with Crippen LogP contribution in [0, 0.1) is 5.92 Å². The van der Waals surface area contributed by atoms with Gasteiger partial charge in [-0.15, -0.1) is 0 Å². The average Bonchev–Trinajstić information content (AvgIpc) is 3.04. The molecule has 4 rings (SSSR count). The topological polar surface area (TPSA) is 66.5 Å². The number of carbonyl (C=O) groups excluding carboxylic acids is 1. The highest BCUT2D eigenvalue weighted by Gasteiger charge is 2.30. The fraction of sp³-hybridized carbons (Fsp3) is 0.458. The Kier molecular flexibility index (Phi) is 5.87. The first-order chi connectivity index (χ1) is 14.3. The summed E-state index contributed by atoms with van der Waals surface area (Å²) < 4.78 is 23.2. The maximum absolute atomic E-state index is 12.7. The molecule has 1 aliphatic carbocycles. The quantitative estimate of drug-likeness (QED) is 0.793. The van der Waals surface area contributed by atoms with Crippen molar-refractivity contribution in [1.29, 1.82) is 0 Å². The summed E-state index contributed by atoms with van der Waals surface area (Å²) in [6, 6.07) is 17.3. The number of nitrogens with zero attached hydrogens (tertiary/aromatic N) is 1. The van der Waals surface area contributed by atoms with Crippen LogP contribution >= 0.6 is 0 Å². The molecule has 0 unspecified atom stereocenters. The summed E-state index contributed by atoms with van der Waals surface area (Å²) in [5.74, 6) is 0.598. The maximum atomic E-state index is 12.7. The van der Waals surface area contributed by atoms with Crippen molar-refractivity contribution in [3.05, 3.63) is 65.2 Å². The third-order valence-corrected chi connectivity index (χ3v) is 8.31. The van der Waals surface area contributed by atoms with Gasteiger partial charge in [0.2, 0.25) is 5.91 Å². The van der Waals surface area contributed by atoms with Crippen LogP contribution in [-0.4, -0.2) is 43.8 Å². The van der Waals surface area contributed by atoms with E-state index in [1.807, 2.05) is 0 Å². The van der Waals surface area contributed by atoms with Gasteiger partial charge in [-0.3, -0.25) is 4.79 Å². The Bertz CT molecular complexity index is 1000. The number of carbonyl (C=O) groups is 1. The second-order valence-corrected chi connectivity index (χ2v) is 11.1. The van der Waals surface area contributed by atoms with E-state index in [2.05, 4.69) is 60.8 Å². The highest BCUT2D eigenvalue weighted by molar-refractivity contribution is 7.91. The van der Waals surface area contributed by atoms with Gasteiger partial charge in [0, 0.05) is 37.2 Å². The molecule has 1 N–H and O–H groups in total. The van der Waals surface area contributed by atoms with Gasteiger partial charge in [0.25, 0.3) is 0 Å². The highest BCUT2D eigenvalue weighted by Crippen LogP contribution is 2.34. The molecule has 30 heavy (non-hydrogen) atoms. The molecule has 1 amide bonds. The van der Waals surface area contributed by atoms with Crippen LogP contribution in [0.3, 0.4) is 0 Å². The normalized spacial score (nSPS) is 23.0. The summed E-state index contributed by atoms with van der Waals surface area (Å²) in [6.45, 7) is 2.81. The third kappa shape index (κ3) is 4.53. The summed E-state index contributed by atoms with van der Waals surface area (Å²) in [4.78, 5) is 14.4. The van der Waals surface area contributed by atoms with E-state index in [9.17, 15) is 13.2 Å². The van der Waals surface area contributed by atoms with Gasteiger partial charge in [0.05, 0.1) is 11.5 Å². The van der Waals surface area contributed by atoms with Crippen LogP contribution in [0.25, 0.3) is 0 Å². The van der Waals surface area contributed by atoms with Gasteiger partial charge in [-0.1, -0.05) is 43.3 Å². The first-order valence-corrected chi connectivity index (χ1v) is 12.5. The van der Waals surface area contributed by atoms with E-state index in [4.69, 9.17) is 0 Å². The molecule has 5 nitrogen and oxygen atoms in total. The second-order valence-electron chi connectivity index (χ2n) is 8.76. The number of fused-ring (bicyclic) bond motifs is 1. The molecule has 0 saturated carbocycles. The molecule has 0 spiro atoms. The lowest BCUT2D eigenvalue weighted by atomic mass is 10.0. The molecule has 2 atom stereocenters. The van der Waals surface area contributed by atoms with Gasteiger partial charge < -0.3 is 10.2 Å². The van der Waals surface area contributed by atoms with E-state index < -0.39 is 9.84 Å². The molecular formula is C24H30N2O3S. The Labute approximate surface area is 179 Å². The number of sulfone groups is 1. The summed E-state index contributed by atoms with van der Waals surface area (Å²) >= 11 is 0. The van der Waals surface area contributed by atoms with E-state index in [1.54, 1.807) is 11.9 Å². The summed E-state index contributed by atoms with van der Waals surface area (Å²) in [5, 5.41) is 3.66. The summed E-state index contributed by atoms with van der Waals surface area (Å²) in [6.07, 6.45) is 1.92. The van der Waals surface area contributed by atoms with Crippen LogP contribution < -0.4 is 5.32 Å². The Morgan fingerprint density at radius 1 is 1.07 bits per heavy atom. The van der Waals surface area contributed by atoms with Crippen LogP contribution in [0.2, 0.25) is 0 Å². The van der Waals surface area contributed by atoms with E-state index in [-0.39, 0.29) is 23.3 Å². The Balaban J connectivity index is 1.32. The van der Waals surface area contributed by atoms with Crippen LogP contribution in [0.1, 0.15) is 42.4 Å². The van der Waals surface area contributed by atoms with Crippen LogP contribution in [-0.2, 0) is 27.6 Å². The number of hydrogen-bond acceptors (Lipinski definition) is 4. The highest BCUT2D eigenvalue weighted by atomic mass is 32.2. The predicted molar refractivity (Wildman–Crippen MR) is 120 cm³/mol. The van der Waals surface area contributed by atoms with Crippen molar-refractivity contribution in [2.24, 2.45) is 5.92 Å². The fourth-order valence-corrected chi connectivity index (χ4v) is 6.18. The largest absolute Gasteiger partial charge is 0.381 e. The first-order valence-electron chi connectivity index (χ1n) is 10.7. The Hall–Kier alpha value is -2.34. The van der Waals surface area contributed by atoms with Crippen LogP contribution in [0.5, 0.6) is 0 Å². The average molecular weight is 427 g/mol. The van der Waals surface area contributed by atoms with Crippen LogP contribution in [0.15, 0.2) is 48.5 Å². The molecule has 6 heteroatoms. The molecule has 1 heterocycles. The lowest BCUT2D eigenvalue weighted by Gasteiger charge is -2.26. The third-order valence-electron chi connectivity index (χ3n) is 6.59. The van der Waals surface area contributed by atoms with E-state index in [0.717, 1.165) is 17.7 Å². The zero-order valence-electron chi connectivity index (χ0n) is 17.7. The zero-order valence-corrected chi connectivity index (χ0v) is 18.5. The van der Waals surface area contributed by atoms with E-state index in [1.165, 1.54) is 11.1 Å². The van der Waals surface area contributed by atoms with Crippen molar-refractivity contribution < 1.29 is 13.2 Å². The van der Waals surface area contributed by atoms with E-state index >= 15 is 0 Å². The molecule has 2 aliphatic rings. The molecule has 2 aromatic rings. The molecule has 0 aromatic heterocycles. The molecule has 1 saturated heterocycles. The molecular weight excluding hydrogens is 396 g/mol. The van der Waals surface area contributed by atoms with Crippen molar-refractivity contribution in [2.75, 3.05) is 23.9 Å². The fourth-order valence-electron chi connectivity index (χ4n) is 4.69. The number of amides is 1. The maximum Gasteiger partial charge on any atom is 0.225 e. The Morgan fingerprint density at radius 3 is 2.40 bits per heavy atom. The minimum absolute atomic E-state index is 0.0460. The van der Waals surface area contributed by atoms with Gasteiger partial charge in [0.15, 0.2) is 0 Å². The zero-order chi connectivity index (χ0) is 21.3. The molecule has 160 valence electrons. The summed E-state index contributed by atoms with van der Waals surface area (Å²) in [7, 11) is -1.15. The van der Waals surface area contributed by atoms with Crippen molar-refractivity contribution in [3.8, 4) is 0 Å². The van der Waals surface area contributed by atoms with Crippen molar-refractivity contribution in [3.63, 3.8) is 0 Å². The minimum Gasteiger partial charge on any atom is -0.381 e. The monoisotopic (exact) mass is 426 g/mol. The number of hydrogen-bond donors (Lipinski definition) is 1. The van der Waals surface area contributed by atoms with E-state index in [0.29, 0.717) is 31.3 Å². The van der Waals surface area contributed by atoms with Gasteiger partial charge in [-0.25, -0.2) is 8.42 Å². The standard InChI is InChI=1S/C24H30N2O3S/c1-17-22-6-4-3-5-20(22)15-23(17)25-21-9-7-18(8-10-21)16-26(2)24(27)19-11-13-30(28,29)14-12-19/h3-10,17,19,23,25H,11-16H2,1-2H3/t17-,23-/m1/s1. The van der Waals surface area contributed by atoms with Crippen molar-refractivity contribution in [1.82, 2.24) is 4.90 Å². The van der Waals surface area contributed by atoms with Crippen molar-refractivity contribution in [2.45, 2.75) is 44.7 Å². The molecule has 1 aliphatic heterocycles. The molecule has 2 aromatic carbocycles. The smallest absolute Gasteiger partial charge is 0.225 e. The van der Waals surface area contributed by atoms with Gasteiger partial charge >= 0.3 is 0 Å². The predicted octanol–water partition coefficient (Wildman–Crippen LogP) is 3.61. The number of rotatable bonds is 5. The Morgan fingerprint density at radius 2 is 1.73 bits per heavy atom. The van der Waals surface area contributed by atoms with Gasteiger partial charge in [-0.05, 0) is 48.1 Å². The number of benzene rings is 2. The second kappa shape index (κ2) is 8.42. The number of nitrogens with one attached hydrogen (secondary N) is 1. The van der Waals surface area contributed by atoms with Crippen LogP contribution in [0.4, 0.5) is 5.69 Å². The molecule has 1 fully saturated rings. The molecule has 0 bridgehead atoms. The molecule has 0 radical (unpaired) electrons. The number of anilines is 1. The lowest BCUT2D eigenvalue weighted by molar-refractivity contribution is -0.135. The van der Waals surface area contributed by atoms with Gasteiger partial charge in [-0.2, -0.15) is 0 Å². The lowest BCUT2D eigenvalue weighted by Crippen LogP contribution is -2.37. The van der Waals surface area contributed by atoms with Crippen molar-refractivity contribution >= 4 is 21.4 Å². The summed E-state index contributed by atoms with van der Waals surface area (Å²) in [5.41, 5.74) is 5.02. The van der Waals surface area contributed by atoms with Gasteiger partial charge in [0.1, 0.15) is 9.84 Å². The SMILES string of the molecule is C[C@@H]1c2ccccc2C[C@H]1Nc1ccc(CN(C)C(=O)C2CCS(=O)(=O)CC2)cc1. The minimum atomic E-state index is -2.95.